The normalized spacial score (nSPS) is 20.5. The van der Waals surface area contributed by atoms with Gasteiger partial charge < -0.3 is 45.4 Å². The Morgan fingerprint density at radius 2 is 0.891 bits per heavy atom. The number of hydrogen-bond acceptors (Lipinski definition) is 9. The summed E-state index contributed by atoms with van der Waals surface area (Å²) in [6, 6.07) is -0.975. The summed E-state index contributed by atoms with van der Waals surface area (Å²) in [6.07, 6.45) is 43.2. The smallest absolute Gasteiger partial charge is 0.249 e. The van der Waals surface area contributed by atoms with Crippen molar-refractivity contribution in [1.82, 2.24) is 5.32 Å². The topological polar surface area (TPSA) is 169 Å². The summed E-state index contributed by atoms with van der Waals surface area (Å²) in [5, 5.41) is 64.9. The van der Waals surface area contributed by atoms with Gasteiger partial charge in [0.05, 0.1) is 25.4 Å². The van der Waals surface area contributed by atoms with Crippen LogP contribution in [0.1, 0.15) is 264 Å². The minimum atomic E-state index is -1.61. The molecule has 1 aliphatic heterocycles. The zero-order valence-electron chi connectivity index (χ0n) is 41.7. The molecule has 0 spiro atoms. The molecule has 1 heterocycles. The van der Waals surface area contributed by atoms with Crippen LogP contribution in [-0.4, -0.2) is 98.7 Å². The lowest BCUT2D eigenvalue weighted by molar-refractivity contribution is -0.302. The van der Waals surface area contributed by atoms with Crippen molar-refractivity contribution in [2.75, 3.05) is 13.2 Å². The summed E-state index contributed by atoms with van der Waals surface area (Å²) >= 11 is 0. The first-order chi connectivity index (χ1) is 31.3. The van der Waals surface area contributed by atoms with Gasteiger partial charge in [-0.05, 0) is 19.3 Å². The van der Waals surface area contributed by atoms with Crippen molar-refractivity contribution < 1.29 is 44.9 Å². The molecular weight excluding hydrogens is 807 g/mol. The average Bonchev–Trinajstić information content (AvgIpc) is 3.29. The number of aliphatic hydroxyl groups excluding tert-OH is 6. The molecule has 1 fully saturated rings. The Hall–Kier alpha value is -1.11. The number of ether oxygens (including phenoxy) is 2. The number of rotatable bonds is 47. The molecule has 1 aliphatic rings. The standard InChI is InChI=1S/C54H105NO9/c1-3-5-7-9-11-13-15-17-18-19-20-21-22-23-24-25-26-27-28-29-31-33-35-37-39-41-43-48(58)53(62)55-46(45-63-54-52(61)51(60)50(59)49(44-56)64-54)47(57)42-40-38-36-34-32-30-16-14-12-10-8-6-4-2/h40,42,46-52,54,56-61H,3-39,41,43-45H2,1-2H3,(H,55,62)/b42-40+. The van der Waals surface area contributed by atoms with Crippen molar-refractivity contribution in [3.8, 4) is 0 Å². The van der Waals surface area contributed by atoms with Gasteiger partial charge in [-0.1, -0.05) is 257 Å². The van der Waals surface area contributed by atoms with E-state index < -0.39 is 61.5 Å². The van der Waals surface area contributed by atoms with E-state index in [0.29, 0.717) is 6.42 Å². The van der Waals surface area contributed by atoms with E-state index >= 15 is 0 Å². The number of unbranched alkanes of at least 4 members (excludes halogenated alkanes) is 36. The molecule has 8 atom stereocenters. The highest BCUT2D eigenvalue weighted by Gasteiger charge is 2.44. The molecule has 8 unspecified atom stereocenters. The summed E-state index contributed by atoms with van der Waals surface area (Å²) < 4.78 is 11.2. The van der Waals surface area contributed by atoms with Crippen LogP contribution >= 0.6 is 0 Å². The molecule has 0 saturated carbocycles. The van der Waals surface area contributed by atoms with Crippen LogP contribution in [0.3, 0.4) is 0 Å². The van der Waals surface area contributed by atoms with Gasteiger partial charge in [0.1, 0.15) is 30.5 Å². The zero-order valence-corrected chi connectivity index (χ0v) is 41.7. The molecule has 1 saturated heterocycles. The van der Waals surface area contributed by atoms with E-state index in [2.05, 4.69) is 19.2 Å². The first-order valence-electron chi connectivity index (χ1n) is 27.5. The fourth-order valence-corrected chi connectivity index (χ4v) is 8.99. The predicted molar refractivity (Wildman–Crippen MR) is 264 cm³/mol. The summed E-state index contributed by atoms with van der Waals surface area (Å²) in [7, 11) is 0. The van der Waals surface area contributed by atoms with Crippen LogP contribution in [0.25, 0.3) is 0 Å². The second-order valence-electron chi connectivity index (χ2n) is 19.5. The lowest BCUT2D eigenvalue weighted by Gasteiger charge is -2.40. The summed E-state index contributed by atoms with van der Waals surface area (Å²) in [5.74, 6) is -0.611. The predicted octanol–water partition coefficient (Wildman–Crippen LogP) is 11.8. The first-order valence-corrected chi connectivity index (χ1v) is 27.5. The van der Waals surface area contributed by atoms with Crippen LogP contribution < -0.4 is 5.32 Å². The monoisotopic (exact) mass is 912 g/mol. The van der Waals surface area contributed by atoms with Gasteiger partial charge in [0.2, 0.25) is 5.91 Å². The van der Waals surface area contributed by atoms with Gasteiger partial charge in [-0.15, -0.1) is 0 Å². The maximum Gasteiger partial charge on any atom is 0.249 e. The zero-order chi connectivity index (χ0) is 46.7. The van der Waals surface area contributed by atoms with Crippen LogP contribution in [0.2, 0.25) is 0 Å². The first kappa shape index (κ1) is 60.9. The van der Waals surface area contributed by atoms with E-state index in [1.807, 2.05) is 6.08 Å². The van der Waals surface area contributed by atoms with E-state index in [1.54, 1.807) is 6.08 Å². The number of carbonyl (C=O) groups excluding carboxylic acids is 1. The molecule has 10 heteroatoms. The maximum atomic E-state index is 13.1. The highest BCUT2D eigenvalue weighted by atomic mass is 16.7. The van der Waals surface area contributed by atoms with Crippen LogP contribution in [0, 0.1) is 0 Å². The average molecular weight is 912 g/mol. The Bertz CT molecular complexity index is 1030. The molecule has 0 aromatic rings. The number of carbonyl (C=O) groups is 1. The van der Waals surface area contributed by atoms with Crippen molar-refractivity contribution in [3.63, 3.8) is 0 Å². The Kier molecular flexibility index (Phi) is 42.3. The maximum absolute atomic E-state index is 13.1. The molecule has 64 heavy (non-hydrogen) atoms. The number of hydrogen-bond donors (Lipinski definition) is 7. The third kappa shape index (κ3) is 33.4. The van der Waals surface area contributed by atoms with Gasteiger partial charge in [0, 0.05) is 0 Å². The number of amides is 1. The van der Waals surface area contributed by atoms with Crippen LogP contribution in [0.4, 0.5) is 0 Å². The quantitative estimate of drug-likeness (QED) is 0.0232. The minimum absolute atomic E-state index is 0.301. The van der Waals surface area contributed by atoms with Crippen LogP contribution in [-0.2, 0) is 14.3 Å². The molecule has 1 rings (SSSR count). The third-order valence-electron chi connectivity index (χ3n) is 13.5. The second kappa shape index (κ2) is 44.4. The molecule has 0 aromatic carbocycles. The Balaban J connectivity index is 2.22. The lowest BCUT2D eigenvalue weighted by Crippen LogP contribution is -2.60. The molecule has 1 amide bonds. The van der Waals surface area contributed by atoms with E-state index in [4.69, 9.17) is 9.47 Å². The van der Waals surface area contributed by atoms with E-state index in [1.165, 1.54) is 199 Å². The Morgan fingerprint density at radius 3 is 1.27 bits per heavy atom. The molecule has 0 bridgehead atoms. The summed E-state index contributed by atoms with van der Waals surface area (Å²) in [5.41, 5.74) is 0. The highest BCUT2D eigenvalue weighted by molar-refractivity contribution is 5.80. The Labute approximate surface area is 393 Å². The Morgan fingerprint density at radius 1 is 0.531 bits per heavy atom. The molecule has 10 nitrogen and oxygen atoms in total. The van der Waals surface area contributed by atoms with Crippen molar-refractivity contribution >= 4 is 5.91 Å². The molecule has 0 radical (unpaired) electrons. The van der Waals surface area contributed by atoms with Gasteiger partial charge in [0.25, 0.3) is 0 Å². The third-order valence-corrected chi connectivity index (χ3v) is 13.5. The van der Waals surface area contributed by atoms with E-state index in [-0.39, 0.29) is 6.61 Å². The molecule has 380 valence electrons. The van der Waals surface area contributed by atoms with Crippen LogP contribution in [0.5, 0.6) is 0 Å². The highest BCUT2D eigenvalue weighted by Crippen LogP contribution is 2.23. The van der Waals surface area contributed by atoms with Crippen molar-refractivity contribution in [2.24, 2.45) is 0 Å². The van der Waals surface area contributed by atoms with Gasteiger partial charge in [-0.2, -0.15) is 0 Å². The fourth-order valence-electron chi connectivity index (χ4n) is 8.99. The summed E-state index contributed by atoms with van der Waals surface area (Å²) in [4.78, 5) is 13.1. The molecular formula is C54H105NO9. The van der Waals surface area contributed by atoms with Crippen molar-refractivity contribution in [2.45, 2.75) is 313 Å². The van der Waals surface area contributed by atoms with Gasteiger partial charge in [-0.3, -0.25) is 4.79 Å². The van der Waals surface area contributed by atoms with Crippen LogP contribution in [0.15, 0.2) is 12.2 Å². The number of aliphatic hydroxyl groups is 6. The van der Waals surface area contributed by atoms with E-state index in [0.717, 1.165) is 44.9 Å². The minimum Gasteiger partial charge on any atom is -0.394 e. The summed E-state index contributed by atoms with van der Waals surface area (Å²) in [6.45, 7) is 3.63. The second-order valence-corrected chi connectivity index (χ2v) is 19.5. The van der Waals surface area contributed by atoms with Gasteiger partial charge in [-0.25, -0.2) is 0 Å². The van der Waals surface area contributed by atoms with Gasteiger partial charge >= 0.3 is 0 Å². The number of allylic oxidation sites excluding steroid dienone is 1. The van der Waals surface area contributed by atoms with Crippen molar-refractivity contribution in [3.05, 3.63) is 12.2 Å². The van der Waals surface area contributed by atoms with Gasteiger partial charge in [0.15, 0.2) is 6.29 Å². The molecule has 7 N–H and O–H groups in total. The fraction of sp³-hybridized carbons (Fsp3) is 0.944. The van der Waals surface area contributed by atoms with E-state index in [9.17, 15) is 35.4 Å². The van der Waals surface area contributed by atoms with Crippen molar-refractivity contribution in [1.29, 1.82) is 0 Å². The lowest BCUT2D eigenvalue weighted by atomic mass is 9.99. The molecule has 0 aliphatic carbocycles. The largest absolute Gasteiger partial charge is 0.394 e. The molecule has 0 aromatic heterocycles. The number of nitrogens with one attached hydrogen (secondary N) is 1. The SMILES string of the molecule is CCCCCCCCCCCCC/C=C/C(O)C(COC1OC(CO)C(O)C(O)C1O)NC(=O)C(O)CCCCCCCCCCCCCCCCCCCCCCCCCCCC.